The van der Waals surface area contributed by atoms with E-state index in [9.17, 15) is 24.6 Å². The first-order valence-corrected chi connectivity index (χ1v) is 10.3. The number of halogens is 1. The molecule has 0 atom stereocenters. The minimum atomic E-state index is -1.26. The van der Waals surface area contributed by atoms with Crippen LogP contribution in [-0.4, -0.2) is 33.2 Å². The fraction of sp³-hybridized carbons (Fsp3) is 0. The van der Waals surface area contributed by atoms with Crippen molar-refractivity contribution >= 4 is 58.1 Å². The lowest BCUT2D eigenvalue weighted by Crippen LogP contribution is -2.19. The highest BCUT2D eigenvalue weighted by molar-refractivity contribution is 8.18. The van der Waals surface area contributed by atoms with Crippen LogP contribution in [0.25, 0.3) is 17.4 Å². The number of aliphatic imine (C=N–C) groups is 1. The van der Waals surface area contributed by atoms with Gasteiger partial charge in [0.15, 0.2) is 5.17 Å². The summed E-state index contributed by atoms with van der Waals surface area (Å²) in [5.41, 5.74) is 0.451. The van der Waals surface area contributed by atoms with Gasteiger partial charge in [-0.05, 0) is 54.2 Å². The summed E-state index contributed by atoms with van der Waals surface area (Å²) in [6, 6.07) is 13.8. The molecule has 0 radical (unpaired) electrons. The first kappa shape index (κ1) is 21.4. The lowest BCUT2D eigenvalue weighted by atomic mass is 10.0. The Hall–Kier alpha value is -3.82. The molecule has 1 amide bonds. The van der Waals surface area contributed by atoms with Crippen molar-refractivity contribution in [2.75, 3.05) is 0 Å². The minimum Gasteiger partial charge on any atom is -0.478 e. The number of carboxylic acids is 2. The predicted molar refractivity (Wildman–Crippen MR) is 120 cm³/mol. The second-order valence-electron chi connectivity index (χ2n) is 6.54. The van der Waals surface area contributed by atoms with E-state index in [-0.39, 0.29) is 28.4 Å². The molecule has 4 rings (SSSR count). The molecule has 160 valence electrons. The molecular formula is C22H13ClN2O6S. The largest absolute Gasteiger partial charge is 0.478 e. The third kappa shape index (κ3) is 4.58. The maximum Gasteiger partial charge on any atom is 0.335 e. The molecule has 2 heterocycles. The fourth-order valence-corrected chi connectivity index (χ4v) is 3.86. The zero-order valence-electron chi connectivity index (χ0n) is 16.0. The van der Waals surface area contributed by atoms with Crippen LogP contribution in [0.5, 0.6) is 0 Å². The number of carboxylic acid groups (broad SMARTS) is 2. The van der Waals surface area contributed by atoms with Gasteiger partial charge in [-0.3, -0.25) is 4.79 Å². The number of aromatic carboxylic acids is 2. The number of rotatable bonds is 5. The zero-order valence-corrected chi connectivity index (χ0v) is 17.6. The highest BCUT2D eigenvalue weighted by Gasteiger charge is 2.24. The Morgan fingerprint density at radius 1 is 1.03 bits per heavy atom. The van der Waals surface area contributed by atoms with Crippen LogP contribution >= 0.6 is 23.4 Å². The van der Waals surface area contributed by atoms with Gasteiger partial charge in [0.2, 0.25) is 0 Å². The van der Waals surface area contributed by atoms with E-state index in [1.54, 1.807) is 36.4 Å². The fourth-order valence-electron chi connectivity index (χ4n) is 2.86. The second-order valence-corrected chi connectivity index (χ2v) is 7.98. The summed E-state index contributed by atoms with van der Waals surface area (Å²) in [5, 5.41) is 21.9. The van der Waals surface area contributed by atoms with E-state index in [2.05, 4.69) is 10.3 Å². The van der Waals surface area contributed by atoms with E-state index in [4.69, 9.17) is 16.0 Å². The van der Waals surface area contributed by atoms with Crippen LogP contribution in [0, 0.1) is 0 Å². The van der Waals surface area contributed by atoms with Crippen molar-refractivity contribution < 1.29 is 29.0 Å². The standard InChI is InChI=1S/C22H13ClN2O6S/c23-15-3-1-2-4-16(15)24-22-25-19(26)18(32-22)10-14-5-6-17(31-14)11-7-12(20(27)28)9-13(8-11)21(29)30/h1-10H,(H,27,28)(H,29,30)(H,24,25,26)/b18-10-. The Morgan fingerprint density at radius 3 is 2.38 bits per heavy atom. The minimum absolute atomic E-state index is 0.178. The van der Waals surface area contributed by atoms with Gasteiger partial charge in [0.25, 0.3) is 5.91 Å². The molecule has 3 aromatic rings. The number of nitrogens with one attached hydrogen (secondary N) is 1. The number of hydrogen-bond acceptors (Lipinski definition) is 6. The summed E-state index contributed by atoms with van der Waals surface area (Å²) in [6.45, 7) is 0. The van der Waals surface area contributed by atoms with Gasteiger partial charge in [-0.25, -0.2) is 14.6 Å². The number of hydrogen-bond donors (Lipinski definition) is 3. The van der Waals surface area contributed by atoms with Crippen LogP contribution in [0.4, 0.5) is 5.69 Å². The Morgan fingerprint density at radius 2 is 1.72 bits per heavy atom. The normalized spacial score (nSPS) is 15.8. The molecular weight excluding hydrogens is 456 g/mol. The van der Waals surface area contributed by atoms with Crippen molar-refractivity contribution in [2.45, 2.75) is 0 Å². The van der Waals surface area contributed by atoms with Crippen molar-refractivity contribution in [1.82, 2.24) is 5.32 Å². The van der Waals surface area contributed by atoms with Gasteiger partial charge in [-0.1, -0.05) is 23.7 Å². The monoisotopic (exact) mass is 468 g/mol. The van der Waals surface area contributed by atoms with E-state index < -0.39 is 11.9 Å². The van der Waals surface area contributed by atoms with E-state index in [0.29, 0.717) is 26.5 Å². The van der Waals surface area contributed by atoms with Crippen molar-refractivity contribution in [3.63, 3.8) is 0 Å². The molecule has 1 aromatic heterocycles. The van der Waals surface area contributed by atoms with Gasteiger partial charge in [-0.15, -0.1) is 0 Å². The van der Waals surface area contributed by atoms with E-state index in [1.165, 1.54) is 18.2 Å². The third-order valence-electron chi connectivity index (χ3n) is 4.34. The highest BCUT2D eigenvalue weighted by Crippen LogP contribution is 2.32. The average Bonchev–Trinajstić information content (AvgIpc) is 3.36. The average molecular weight is 469 g/mol. The smallest absolute Gasteiger partial charge is 0.335 e. The number of thioether (sulfide) groups is 1. The van der Waals surface area contributed by atoms with Crippen LogP contribution in [-0.2, 0) is 4.79 Å². The molecule has 8 nitrogen and oxygen atoms in total. The summed E-state index contributed by atoms with van der Waals surface area (Å²) in [4.78, 5) is 39.6. The lowest BCUT2D eigenvalue weighted by molar-refractivity contribution is -0.115. The van der Waals surface area contributed by atoms with E-state index in [1.807, 2.05) is 0 Å². The predicted octanol–water partition coefficient (Wildman–Crippen LogP) is 4.89. The Labute approximate surface area is 190 Å². The van der Waals surface area contributed by atoms with Gasteiger partial charge in [0.1, 0.15) is 11.5 Å². The van der Waals surface area contributed by atoms with Gasteiger partial charge in [0.05, 0.1) is 26.7 Å². The summed E-state index contributed by atoms with van der Waals surface area (Å²) < 4.78 is 5.71. The topological polar surface area (TPSA) is 129 Å². The van der Waals surface area contributed by atoms with E-state index in [0.717, 1.165) is 17.8 Å². The maximum absolute atomic E-state index is 12.3. The van der Waals surface area contributed by atoms with Gasteiger partial charge in [0, 0.05) is 11.6 Å². The molecule has 3 N–H and O–H groups in total. The number of amidine groups is 1. The maximum atomic E-state index is 12.3. The molecule has 1 fully saturated rings. The third-order valence-corrected chi connectivity index (χ3v) is 5.57. The molecule has 0 bridgehead atoms. The number of nitrogens with zero attached hydrogens (tertiary/aromatic N) is 1. The first-order valence-electron chi connectivity index (χ1n) is 9.06. The molecule has 32 heavy (non-hydrogen) atoms. The first-order chi connectivity index (χ1) is 15.3. The molecule has 1 saturated heterocycles. The lowest BCUT2D eigenvalue weighted by Gasteiger charge is -2.03. The molecule has 0 aliphatic carbocycles. The van der Waals surface area contributed by atoms with Crippen molar-refractivity contribution in [3.8, 4) is 11.3 Å². The van der Waals surface area contributed by atoms with Gasteiger partial charge in [-0.2, -0.15) is 0 Å². The number of furan rings is 1. The van der Waals surface area contributed by atoms with Crippen molar-refractivity contribution in [2.24, 2.45) is 4.99 Å². The Kier molecular flexibility index (Phi) is 5.85. The molecule has 0 spiro atoms. The summed E-state index contributed by atoms with van der Waals surface area (Å²) in [6.07, 6.45) is 1.51. The number of carbonyl (C=O) groups excluding carboxylic acids is 1. The number of amides is 1. The molecule has 0 saturated carbocycles. The van der Waals surface area contributed by atoms with Crippen LogP contribution in [0.3, 0.4) is 0 Å². The highest BCUT2D eigenvalue weighted by atomic mass is 35.5. The molecule has 10 heteroatoms. The molecule has 0 unspecified atom stereocenters. The Balaban J connectivity index is 1.61. The second kappa shape index (κ2) is 8.74. The molecule has 1 aliphatic heterocycles. The van der Waals surface area contributed by atoms with Crippen LogP contribution < -0.4 is 5.32 Å². The van der Waals surface area contributed by atoms with Crippen molar-refractivity contribution in [1.29, 1.82) is 0 Å². The van der Waals surface area contributed by atoms with Gasteiger partial charge >= 0.3 is 11.9 Å². The number of carbonyl (C=O) groups is 3. The summed E-state index contributed by atoms with van der Waals surface area (Å²) >= 11 is 7.21. The molecule has 2 aromatic carbocycles. The quantitative estimate of drug-likeness (QED) is 0.454. The number of benzene rings is 2. The SMILES string of the molecule is O=C1NC(=Nc2ccccc2Cl)S/C1=C\c1ccc(-c2cc(C(=O)O)cc(C(=O)O)c2)o1. The van der Waals surface area contributed by atoms with E-state index >= 15 is 0 Å². The molecule has 1 aliphatic rings. The zero-order chi connectivity index (χ0) is 22.8. The van der Waals surface area contributed by atoms with Gasteiger partial charge < -0.3 is 19.9 Å². The summed E-state index contributed by atoms with van der Waals surface area (Å²) in [7, 11) is 0. The Bertz CT molecular complexity index is 1300. The summed E-state index contributed by atoms with van der Waals surface area (Å²) in [5.74, 6) is -2.29. The van der Waals surface area contributed by atoms with Crippen LogP contribution in [0.1, 0.15) is 26.5 Å². The van der Waals surface area contributed by atoms with Crippen LogP contribution in [0.2, 0.25) is 5.02 Å². The van der Waals surface area contributed by atoms with Crippen LogP contribution in [0.15, 0.2) is 68.9 Å². The van der Waals surface area contributed by atoms with Crippen molar-refractivity contribution in [3.05, 3.63) is 81.4 Å². The number of para-hydroxylation sites is 1.